The molecule has 1 aromatic heterocycles. The van der Waals surface area contributed by atoms with Gasteiger partial charge in [-0.2, -0.15) is 0 Å². The number of ketones is 1. The van der Waals surface area contributed by atoms with E-state index in [1.807, 2.05) is 12.1 Å². The molecule has 0 bridgehead atoms. The topological polar surface area (TPSA) is 54.1 Å². The van der Waals surface area contributed by atoms with Gasteiger partial charge in [-0.1, -0.05) is 12.1 Å². The molecule has 2 aliphatic rings. The van der Waals surface area contributed by atoms with E-state index in [2.05, 4.69) is 10.3 Å². The lowest BCUT2D eigenvalue weighted by atomic mass is 9.90. The zero-order valence-corrected chi connectivity index (χ0v) is 15.3. The molecule has 2 N–H and O–H groups in total. The number of piperidine rings is 1. The highest BCUT2D eigenvalue weighted by atomic mass is 19.1. The zero-order valence-electron chi connectivity index (χ0n) is 15.3. The van der Waals surface area contributed by atoms with Crippen molar-refractivity contribution in [2.45, 2.75) is 25.4 Å². The summed E-state index contributed by atoms with van der Waals surface area (Å²) in [5, 5.41) is 3.98. The van der Waals surface area contributed by atoms with Gasteiger partial charge < -0.3 is 15.0 Å². The number of hydrogen-bond acceptors (Lipinski definition) is 3. The number of hydrogen-bond donors (Lipinski definition) is 2. The van der Waals surface area contributed by atoms with Crippen LogP contribution in [0, 0.1) is 11.6 Å². The number of aromatic nitrogens is 1. The monoisotopic (exact) mass is 382 g/mol. The largest absolute Gasteiger partial charge is 0.369 e. The van der Waals surface area contributed by atoms with Crippen LogP contribution in [0.3, 0.4) is 0 Å². The Bertz CT molecular complexity index is 1080. The molecular weight excluding hydrogens is 362 g/mol. The number of rotatable bonds is 2. The van der Waals surface area contributed by atoms with Crippen molar-refractivity contribution < 1.29 is 18.3 Å². The SMILES string of the molecule is O=C1COCc2c(-c3ccc([C@@H]4CCCNC4)c(F)c3)[nH]c3cc(F)cc1c23. The summed E-state index contributed by atoms with van der Waals surface area (Å²) in [5.41, 5.74) is 3.66. The lowest BCUT2D eigenvalue weighted by Gasteiger charge is -2.23. The molecule has 0 unspecified atom stereocenters. The Hall–Kier alpha value is -2.57. The Kier molecular flexibility index (Phi) is 4.25. The Balaban J connectivity index is 1.63. The number of nitrogens with one attached hydrogen (secondary N) is 2. The van der Waals surface area contributed by atoms with Crippen LogP contribution in [0.2, 0.25) is 0 Å². The maximum Gasteiger partial charge on any atom is 0.189 e. The maximum atomic E-state index is 14.9. The minimum atomic E-state index is -0.483. The highest BCUT2D eigenvalue weighted by Gasteiger charge is 2.25. The first-order chi connectivity index (χ1) is 13.6. The van der Waals surface area contributed by atoms with Gasteiger partial charge in [0.15, 0.2) is 5.78 Å². The lowest BCUT2D eigenvalue weighted by molar-refractivity contribution is 0.0742. The summed E-state index contributed by atoms with van der Waals surface area (Å²) in [6, 6.07) is 7.86. The summed E-state index contributed by atoms with van der Waals surface area (Å²) in [5.74, 6) is -0.800. The van der Waals surface area contributed by atoms with Crippen molar-refractivity contribution in [1.82, 2.24) is 10.3 Å². The normalized spacial score (nSPS) is 19.8. The molecule has 6 heteroatoms. The van der Waals surface area contributed by atoms with Crippen molar-refractivity contribution in [3.8, 4) is 11.3 Å². The van der Waals surface area contributed by atoms with Gasteiger partial charge in [0.05, 0.1) is 12.3 Å². The molecule has 1 saturated heterocycles. The predicted molar refractivity (Wildman–Crippen MR) is 102 cm³/mol. The maximum absolute atomic E-state index is 14.9. The molecular formula is C22H20F2N2O2. The second kappa shape index (κ2) is 6.79. The van der Waals surface area contributed by atoms with Crippen LogP contribution in [-0.2, 0) is 11.3 Å². The summed E-state index contributed by atoms with van der Waals surface area (Å²) in [4.78, 5) is 15.5. The van der Waals surface area contributed by atoms with Gasteiger partial charge in [0.25, 0.3) is 0 Å². The van der Waals surface area contributed by atoms with E-state index in [0.29, 0.717) is 27.7 Å². The van der Waals surface area contributed by atoms with Crippen molar-refractivity contribution in [2.24, 2.45) is 0 Å². The number of aromatic amines is 1. The molecule has 2 aromatic carbocycles. The van der Waals surface area contributed by atoms with Gasteiger partial charge in [-0.3, -0.25) is 4.79 Å². The van der Waals surface area contributed by atoms with Gasteiger partial charge in [-0.15, -0.1) is 0 Å². The fourth-order valence-electron chi connectivity index (χ4n) is 4.43. The summed E-state index contributed by atoms with van der Waals surface area (Å²) < 4.78 is 34.4. The Morgan fingerprint density at radius 1 is 1.11 bits per heavy atom. The summed E-state index contributed by atoms with van der Waals surface area (Å²) in [7, 11) is 0. The summed E-state index contributed by atoms with van der Waals surface area (Å²) in [6.07, 6.45) is 2.01. The molecule has 0 aliphatic carbocycles. The van der Waals surface area contributed by atoms with E-state index in [0.717, 1.165) is 37.1 Å². The summed E-state index contributed by atoms with van der Waals surface area (Å²) >= 11 is 0. The van der Waals surface area contributed by atoms with E-state index in [1.165, 1.54) is 18.2 Å². The van der Waals surface area contributed by atoms with Crippen molar-refractivity contribution in [2.75, 3.05) is 19.7 Å². The minimum absolute atomic E-state index is 0.0886. The number of Topliss-reactive ketones (excluding diaryl/α,β-unsaturated/α-hetero) is 1. The van der Waals surface area contributed by atoms with Crippen LogP contribution in [0.25, 0.3) is 22.2 Å². The number of carbonyl (C=O) groups excluding carboxylic acids is 1. The van der Waals surface area contributed by atoms with Crippen molar-refractivity contribution in [1.29, 1.82) is 0 Å². The minimum Gasteiger partial charge on any atom is -0.369 e. The van der Waals surface area contributed by atoms with E-state index < -0.39 is 5.82 Å². The average molecular weight is 382 g/mol. The Labute approximate surface area is 160 Å². The molecule has 4 nitrogen and oxygen atoms in total. The first kappa shape index (κ1) is 17.5. The summed E-state index contributed by atoms with van der Waals surface area (Å²) in [6.45, 7) is 1.89. The van der Waals surface area contributed by atoms with Gasteiger partial charge in [0, 0.05) is 34.1 Å². The van der Waals surface area contributed by atoms with Gasteiger partial charge in [-0.25, -0.2) is 8.78 Å². The Morgan fingerprint density at radius 3 is 2.79 bits per heavy atom. The van der Waals surface area contributed by atoms with Gasteiger partial charge in [0.2, 0.25) is 0 Å². The molecule has 0 saturated carbocycles. The first-order valence-corrected chi connectivity index (χ1v) is 9.57. The Morgan fingerprint density at radius 2 is 2.00 bits per heavy atom. The van der Waals surface area contributed by atoms with Gasteiger partial charge in [-0.05, 0) is 49.1 Å². The molecule has 0 amide bonds. The number of benzene rings is 2. The van der Waals surface area contributed by atoms with Gasteiger partial charge in [0.1, 0.15) is 18.2 Å². The van der Waals surface area contributed by atoms with Crippen LogP contribution in [0.4, 0.5) is 8.78 Å². The lowest BCUT2D eigenvalue weighted by Crippen LogP contribution is -2.28. The number of carbonyl (C=O) groups is 1. The van der Waals surface area contributed by atoms with E-state index in [1.54, 1.807) is 0 Å². The smallest absolute Gasteiger partial charge is 0.189 e. The van der Waals surface area contributed by atoms with Crippen LogP contribution in [0.1, 0.15) is 40.2 Å². The highest BCUT2D eigenvalue weighted by molar-refractivity contribution is 6.11. The molecule has 5 rings (SSSR count). The van der Waals surface area contributed by atoms with Gasteiger partial charge >= 0.3 is 0 Å². The quantitative estimate of drug-likeness (QED) is 0.695. The van der Waals surface area contributed by atoms with Crippen LogP contribution in [0.15, 0.2) is 30.3 Å². The van der Waals surface area contributed by atoms with Crippen molar-refractivity contribution in [3.63, 3.8) is 0 Å². The number of halogens is 2. The standard InChI is InChI=1S/C22H20F2N2O2/c23-14-7-16-20(27)11-28-10-17-21(16)19(8-14)26-22(17)12-3-4-15(18(24)6-12)13-2-1-5-25-9-13/h3-4,6-8,13,25-26H,1-2,5,9-11H2/t13-/m1/s1. The average Bonchev–Trinajstić information content (AvgIpc) is 2.97. The van der Waals surface area contributed by atoms with E-state index in [9.17, 15) is 13.6 Å². The molecule has 0 spiro atoms. The van der Waals surface area contributed by atoms with Crippen molar-refractivity contribution >= 4 is 16.7 Å². The van der Waals surface area contributed by atoms with Crippen LogP contribution in [-0.4, -0.2) is 30.5 Å². The van der Waals surface area contributed by atoms with E-state index in [4.69, 9.17) is 4.74 Å². The second-order valence-electron chi connectivity index (χ2n) is 7.55. The fraction of sp³-hybridized carbons (Fsp3) is 0.318. The predicted octanol–water partition coefficient (Wildman–Crippen LogP) is 4.29. The number of H-pyrrole nitrogens is 1. The molecule has 3 aromatic rings. The second-order valence-corrected chi connectivity index (χ2v) is 7.55. The first-order valence-electron chi connectivity index (χ1n) is 9.57. The number of ether oxygens (including phenoxy) is 1. The van der Waals surface area contributed by atoms with Crippen LogP contribution in [0.5, 0.6) is 0 Å². The molecule has 0 radical (unpaired) electrons. The molecule has 2 aliphatic heterocycles. The van der Waals surface area contributed by atoms with E-state index in [-0.39, 0.29) is 30.7 Å². The molecule has 3 heterocycles. The fourth-order valence-corrected chi connectivity index (χ4v) is 4.43. The van der Waals surface area contributed by atoms with Crippen molar-refractivity contribution in [3.05, 3.63) is 58.7 Å². The molecule has 28 heavy (non-hydrogen) atoms. The van der Waals surface area contributed by atoms with Crippen LogP contribution >= 0.6 is 0 Å². The third-order valence-corrected chi connectivity index (χ3v) is 5.77. The third-order valence-electron chi connectivity index (χ3n) is 5.77. The third kappa shape index (κ3) is 2.84. The highest BCUT2D eigenvalue weighted by Crippen LogP contribution is 2.37. The molecule has 1 atom stereocenters. The molecule has 144 valence electrons. The van der Waals surface area contributed by atoms with E-state index >= 15 is 0 Å². The molecule has 1 fully saturated rings. The zero-order chi connectivity index (χ0) is 19.3. The van der Waals surface area contributed by atoms with Crippen LogP contribution < -0.4 is 5.32 Å².